The standard InChI is InChI=1S/C20H18ClF3N2O4S/c1-31(28,29)11-10-30-19(27)14-8-6-13(7-9-14)17(12-18(25)20(22,23)24)26-16-5-3-2-4-15(16)21/h2-9,12H,10-11,25H2,1H3. The van der Waals surface area contributed by atoms with Gasteiger partial charge in [-0.1, -0.05) is 35.9 Å². The predicted octanol–water partition coefficient (Wildman–Crippen LogP) is 4.07. The number of rotatable bonds is 7. The number of nitrogens with zero attached hydrogens (tertiary/aromatic N) is 1. The lowest BCUT2D eigenvalue weighted by molar-refractivity contribution is -0.0925. The van der Waals surface area contributed by atoms with Gasteiger partial charge in [0.05, 0.1) is 27.7 Å². The van der Waals surface area contributed by atoms with E-state index < -0.39 is 27.7 Å². The molecule has 2 aromatic carbocycles. The van der Waals surface area contributed by atoms with Crippen LogP contribution >= 0.6 is 11.6 Å². The fourth-order valence-corrected chi connectivity index (χ4v) is 2.79. The van der Waals surface area contributed by atoms with Gasteiger partial charge in [0.2, 0.25) is 0 Å². The number of sulfone groups is 1. The van der Waals surface area contributed by atoms with Crippen LogP contribution in [0.3, 0.4) is 0 Å². The van der Waals surface area contributed by atoms with Gasteiger partial charge in [-0.05, 0) is 30.3 Å². The highest BCUT2D eigenvalue weighted by Crippen LogP contribution is 2.27. The first-order valence-electron chi connectivity index (χ1n) is 8.70. The maximum atomic E-state index is 12.9. The Morgan fingerprint density at radius 3 is 2.26 bits per heavy atom. The lowest BCUT2D eigenvalue weighted by Crippen LogP contribution is -2.21. The minimum absolute atomic E-state index is 0.0853. The first-order chi connectivity index (χ1) is 14.4. The molecule has 0 heterocycles. The summed E-state index contributed by atoms with van der Waals surface area (Å²) in [7, 11) is -3.29. The molecule has 0 spiro atoms. The molecule has 6 nitrogen and oxygen atoms in total. The summed E-state index contributed by atoms with van der Waals surface area (Å²) in [4.78, 5) is 16.2. The SMILES string of the molecule is CS(=O)(=O)CCOC(=O)c1ccc(C(C=C(N)C(F)(F)F)=Nc2ccccc2Cl)cc1. The molecule has 0 saturated carbocycles. The van der Waals surface area contributed by atoms with Gasteiger partial charge in [-0.15, -0.1) is 0 Å². The summed E-state index contributed by atoms with van der Waals surface area (Å²) in [5.74, 6) is -1.10. The van der Waals surface area contributed by atoms with Crippen molar-refractivity contribution in [3.8, 4) is 0 Å². The topological polar surface area (TPSA) is 98.8 Å². The molecular weight excluding hydrogens is 457 g/mol. The minimum Gasteiger partial charge on any atom is -0.461 e. The largest absolute Gasteiger partial charge is 0.461 e. The van der Waals surface area contributed by atoms with Crippen molar-refractivity contribution in [3.63, 3.8) is 0 Å². The smallest absolute Gasteiger partial charge is 0.430 e. The monoisotopic (exact) mass is 474 g/mol. The summed E-state index contributed by atoms with van der Waals surface area (Å²) in [6, 6.07) is 11.7. The highest BCUT2D eigenvalue weighted by Gasteiger charge is 2.31. The van der Waals surface area contributed by atoms with Crippen molar-refractivity contribution in [1.29, 1.82) is 0 Å². The Bertz CT molecular complexity index is 1110. The third kappa shape index (κ3) is 7.72. The van der Waals surface area contributed by atoms with Crippen LogP contribution in [-0.4, -0.2) is 44.9 Å². The van der Waals surface area contributed by atoms with E-state index in [0.717, 1.165) is 6.26 Å². The van der Waals surface area contributed by atoms with E-state index >= 15 is 0 Å². The summed E-state index contributed by atoms with van der Waals surface area (Å²) in [5.41, 5.74) is 4.22. The van der Waals surface area contributed by atoms with Crippen molar-refractivity contribution in [1.82, 2.24) is 0 Å². The number of hydrogen-bond acceptors (Lipinski definition) is 6. The van der Waals surface area contributed by atoms with E-state index in [9.17, 15) is 26.4 Å². The summed E-state index contributed by atoms with van der Waals surface area (Å²) in [6.07, 6.45) is -3.08. The fourth-order valence-electron chi connectivity index (χ4n) is 2.23. The highest BCUT2D eigenvalue weighted by molar-refractivity contribution is 7.90. The van der Waals surface area contributed by atoms with Gasteiger partial charge in [0.25, 0.3) is 0 Å². The van der Waals surface area contributed by atoms with Gasteiger partial charge < -0.3 is 10.5 Å². The molecule has 0 unspecified atom stereocenters. The Kier molecular flexibility index (Phi) is 7.85. The van der Waals surface area contributed by atoms with Crippen LogP contribution in [-0.2, 0) is 14.6 Å². The molecule has 0 amide bonds. The Morgan fingerprint density at radius 1 is 1.13 bits per heavy atom. The molecule has 0 fully saturated rings. The van der Waals surface area contributed by atoms with Crippen LogP contribution in [0.5, 0.6) is 0 Å². The van der Waals surface area contributed by atoms with Crippen LogP contribution in [0.2, 0.25) is 5.02 Å². The van der Waals surface area contributed by atoms with Crippen LogP contribution in [0.25, 0.3) is 0 Å². The summed E-state index contributed by atoms with van der Waals surface area (Å²) >= 11 is 6.04. The molecule has 2 rings (SSSR count). The maximum absolute atomic E-state index is 12.9. The molecule has 0 atom stereocenters. The highest BCUT2D eigenvalue weighted by atomic mass is 35.5. The molecule has 11 heteroatoms. The second-order valence-electron chi connectivity index (χ2n) is 6.39. The van der Waals surface area contributed by atoms with E-state index in [-0.39, 0.29) is 39.9 Å². The normalized spacial score (nSPS) is 13.2. The number of para-hydroxylation sites is 1. The molecule has 0 aliphatic rings. The summed E-state index contributed by atoms with van der Waals surface area (Å²) < 4.78 is 65.9. The number of benzene rings is 2. The maximum Gasteiger partial charge on any atom is 0.430 e. The number of nitrogens with two attached hydrogens (primary N) is 1. The summed E-state index contributed by atoms with van der Waals surface area (Å²) in [6.45, 7) is -0.316. The molecular formula is C20H18ClF3N2O4S. The van der Waals surface area contributed by atoms with Gasteiger partial charge >= 0.3 is 12.1 Å². The number of allylic oxidation sites excluding steroid dienone is 2. The number of esters is 1. The molecule has 166 valence electrons. The third-order valence-corrected chi connectivity index (χ3v) is 5.04. The van der Waals surface area contributed by atoms with E-state index in [2.05, 4.69) is 4.99 Å². The third-order valence-electron chi connectivity index (χ3n) is 3.82. The van der Waals surface area contributed by atoms with Gasteiger partial charge in [-0.25, -0.2) is 18.2 Å². The van der Waals surface area contributed by atoms with Crippen molar-refractivity contribution >= 4 is 38.8 Å². The summed E-state index contributed by atoms with van der Waals surface area (Å²) in [5, 5.41) is 0.227. The zero-order valence-corrected chi connectivity index (χ0v) is 17.8. The van der Waals surface area contributed by atoms with Crippen molar-refractivity contribution in [2.75, 3.05) is 18.6 Å². The average molecular weight is 475 g/mol. The van der Waals surface area contributed by atoms with Gasteiger partial charge in [0, 0.05) is 11.8 Å². The molecule has 31 heavy (non-hydrogen) atoms. The molecule has 2 aromatic rings. The number of aliphatic imine (C=N–C) groups is 1. The van der Waals surface area contributed by atoms with E-state index in [1.165, 1.54) is 36.4 Å². The molecule has 0 saturated heterocycles. The molecule has 2 N–H and O–H groups in total. The molecule has 0 radical (unpaired) electrons. The Morgan fingerprint density at radius 2 is 1.71 bits per heavy atom. The molecule has 0 bridgehead atoms. The number of halogens is 4. The van der Waals surface area contributed by atoms with Crippen LogP contribution in [0, 0.1) is 0 Å². The molecule has 0 aliphatic carbocycles. The first kappa shape index (κ1) is 24.4. The van der Waals surface area contributed by atoms with E-state index in [0.29, 0.717) is 6.08 Å². The fraction of sp³-hybridized carbons (Fsp3) is 0.200. The van der Waals surface area contributed by atoms with Crippen molar-refractivity contribution in [2.45, 2.75) is 6.18 Å². The number of carbonyl (C=O) groups is 1. The van der Waals surface area contributed by atoms with E-state index in [4.69, 9.17) is 22.1 Å². The van der Waals surface area contributed by atoms with E-state index in [1.54, 1.807) is 12.1 Å². The first-order valence-corrected chi connectivity index (χ1v) is 11.1. The zero-order valence-electron chi connectivity index (χ0n) is 16.2. The zero-order chi connectivity index (χ0) is 23.2. The second kappa shape index (κ2) is 9.97. The van der Waals surface area contributed by atoms with Crippen molar-refractivity contribution in [3.05, 3.63) is 76.5 Å². The second-order valence-corrected chi connectivity index (χ2v) is 9.06. The van der Waals surface area contributed by atoms with Gasteiger partial charge in [0.15, 0.2) is 9.84 Å². The quantitative estimate of drug-likeness (QED) is 0.482. The van der Waals surface area contributed by atoms with Crippen LogP contribution < -0.4 is 5.73 Å². The number of ether oxygens (including phenoxy) is 1. The minimum atomic E-state index is -4.76. The van der Waals surface area contributed by atoms with Crippen LogP contribution in [0.4, 0.5) is 18.9 Å². The predicted molar refractivity (Wildman–Crippen MR) is 112 cm³/mol. The Labute approximate surface area is 182 Å². The van der Waals surface area contributed by atoms with Crippen LogP contribution in [0.1, 0.15) is 15.9 Å². The molecule has 0 aromatic heterocycles. The lowest BCUT2D eigenvalue weighted by atomic mass is 10.1. The van der Waals surface area contributed by atoms with Gasteiger partial charge in [0.1, 0.15) is 12.3 Å². The Balaban J connectivity index is 2.35. The Hall–Kier alpha value is -2.85. The van der Waals surface area contributed by atoms with E-state index in [1.807, 2.05) is 0 Å². The average Bonchev–Trinajstić information content (AvgIpc) is 2.67. The number of carbonyl (C=O) groups excluding carboxylic acids is 1. The molecule has 0 aliphatic heterocycles. The lowest BCUT2D eigenvalue weighted by Gasteiger charge is -2.10. The van der Waals surface area contributed by atoms with Gasteiger partial charge in [-0.2, -0.15) is 13.2 Å². The van der Waals surface area contributed by atoms with Crippen molar-refractivity contribution < 1.29 is 31.1 Å². The van der Waals surface area contributed by atoms with Crippen molar-refractivity contribution in [2.24, 2.45) is 10.7 Å². The number of hydrogen-bond donors (Lipinski definition) is 1. The number of alkyl halides is 3. The van der Waals surface area contributed by atoms with Crippen LogP contribution in [0.15, 0.2) is 65.3 Å². The van der Waals surface area contributed by atoms with Gasteiger partial charge in [-0.3, -0.25) is 0 Å².